The summed E-state index contributed by atoms with van der Waals surface area (Å²) in [6.07, 6.45) is 2.27. The summed E-state index contributed by atoms with van der Waals surface area (Å²) in [5.74, 6) is 1.17. The molecule has 1 rings (SSSR count). The molecule has 0 fully saturated rings. The monoisotopic (exact) mass is 153 g/mol. The first kappa shape index (κ1) is 8.11. The smallest absolute Gasteiger partial charge is 0.145 e. The predicted octanol–water partition coefficient (Wildman–Crippen LogP) is 1.90. The maximum Gasteiger partial charge on any atom is 0.145 e. The summed E-state index contributed by atoms with van der Waals surface area (Å²) in [5, 5.41) is 6.82. The highest BCUT2D eigenvalue weighted by Gasteiger charge is 2.08. The Bertz CT molecular complexity index is 213. The number of nitrogens with zero attached hydrogens (tertiary/aromatic N) is 1. The SMILES string of the molecule is CCC(CC)c1cc(N)n[nH]1. The van der Waals surface area contributed by atoms with Gasteiger partial charge in [-0.05, 0) is 12.8 Å². The minimum absolute atomic E-state index is 0.583. The van der Waals surface area contributed by atoms with Gasteiger partial charge in [0.2, 0.25) is 0 Å². The highest BCUT2D eigenvalue weighted by molar-refractivity contribution is 5.29. The topological polar surface area (TPSA) is 54.7 Å². The van der Waals surface area contributed by atoms with E-state index in [1.165, 1.54) is 0 Å². The largest absolute Gasteiger partial charge is 0.382 e. The molecule has 0 aliphatic rings. The number of H-pyrrole nitrogens is 1. The number of aromatic amines is 1. The highest BCUT2D eigenvalue weighted by Crippen LogP contribution is 2.21. The molecule has 1 aromatic rings. The molecule has 0 saturated carbocycles. The van der Waals surface area contributed by atoms with Crippen LogP contribution in [0.3, 0.4) is 0 Å². The molecule has 0 aromatic carbocycles. The van der Waals surface area contributed by atoms with Crippen molar-refractivity contribution in [2.24, 2.45) is 0 Å². The van der Waals surface area contributed by atoms with Gasteiger partial charge in [0.25, 0.3) is 0 Å². The van der Waals surface area contributed by atoms with Crippen molar-refractivity contribution in [3.8, 4) is 0 Å². The van der Waals surface area contributed by atoms with Gasteiger partial charge in [-0.2, -0.15) is 5.10 Å². The average Bonchev–Trinajstić information content (AvgIpc) is 2.39. The molecule has 0 bridgehead atoms. The Morgan fingerprint density at radius 2 is 2.18 bits per heavy atom. The van der Waals surface area contributed by atoms with Crippen molar-refractivity contribution in [3.63, 3.8) is 0 Å². The van der Waals surface area contributed by atoms with Crippen molar-refractivity contribution in [2.45, 2.75) is 32.6 Å². The fourth-order valence-corrected chi connectivity index (χ4v) is 1.29. The van der Waals surface area contributed by atoms with E-state index in [1.807, 2.05) is 6.07 Å². The minimum atomic E-state index is 0.583. The van der Waals surface area contributed by atoms with Crippen LogP contribution in [0.25, 0.3) is 0 Å². The van der Waals surface area contributed by atoms with Gasteiger partial charge < -0.3 is 5.73 Å². The Morgan fingerprint density at radius 3 is 2.55 bits per heavy atom. The van der Waals surface area contributed by atoms with Crippen LogP contribution >= 0.6 is 0 Å². The van der Waals surface area contributed by atoms with Crippen molar-refractivity contribution in [2.75, 3.05) is 5.73 Å². The number of rotatable bonds is 3. The van der Waals surface area contributed by atoms with Crippen LogP contribution in [-0.4, -0.2) is 10.2 Å². The van der Waals surface area contributed by atoms with Crippen molar-refractivity contribution >= 4 is 5.82 Å². The van der Waals surface area contributed by atoms with Gasteiger partial charge in [-0.15, -0.1) is 0 Å². The summed E-state index contributed by atoms with van der Waals surface area (Å²) >= 11 is 0. The quantitative estimate of drug-likeness (QED) is 0.696. The summed E-state index contributed by atoms with van der Waals surface area (Å²) in [7, 11) is 0. The number of aromatic nitrogens is 2. The second-order valence-electron chi connectivity index (χ2n) is 2.76. The lowest BCUT2D eigenvalue weighted by Gasteiger charge is -2.07. The number of anilines is 1. The minimum Gasteiger partial charge on any atom is -0.382 e. The number of nitrogens with one attached hydrogen (secondary N) is 1. The van der Waals surface area contributed by atoms with Crippen molar-refractivity contribution in [3.05, 3.63) is 11.8 Å². The van der Waals surface area contributed by atoms with Crippen LogP contribution in [0.5, 0.6) is 0 Å². The van der Waals surface area contributed by atoms with E-state index in [9.17, 15) is 0 Å². The lowest BCUT2D eigenvalue weighted by molar-refractivity contribution is 0.621. The number of hydrogen-bond donors (Lipinski definition) is 2. The van der Waals surface area contributed by atoms with Gasteiger partial charge in [0.1, 0.15) is 5.82 Å². The van der Waals surface area contributed by atoms with Crippen LogP contribution in [0, 0.1) is 0 Å². The molecular weight excluding hydrogens is 138 g/mol. The molecule has 0 amide bonds. The number of hydrogen-bond acceptors (Lipinski definition) is 2. The molecule has 0 unspecified atom stereocenters. The van der Waals surface area contributed by atoms with Gasteiger partial charge in [-0.3, -0.25) is 5.10 Å². The second-order valence-corrected chi connectivity index (χ2v) is 2.76. The lowest BCUT2D eigenvalue weighted by Crippen LogP contribution is -1.95. The third-order valence-electron chi connectivity index (χ3n) is 2.04. The van der Waals surface area contributed by atoms with Gasteiger partial charge in [0.15, 0.2) is 0 Å². The van der Waals surface area contributed by atoms with Gasteiger partial charge in [0.05, 0.1) is 0 Å². The Labute approximate surface area is 67.0 Å². The van der Waals surface area contributed by atoms with Gasteiger partial charge in [0, 0.05) is 17.7 Å². The summed E-state index contributed by atoms with van der Waals surface area (Å²) in [4.78, 5) is 0. The summed E-state index contributed by atoms with van der Waals surface area (Å²) in [6.45, 7) is 4.34. The molecule has 0 aliphatic heterocycles. The number of nitrogen functional groups attached to an aromatic ring is 1. The molecule has 11 heavy (non-hydrogen) atoms. The maximum absolute atomic E-state index is 5.48. The Morgan fingerprint density at radius 1 is 1.55 bits per heavy atom. The average molecular weight is 153 g/mol. The lowest BCUT2D eigenvalue weighted by atomic mass is 10.00. The van der Waals surface area contributed by atoms with Crippen LogP contribution in [0.15, 0.2) is 6.07 Å². The van der Waals surface area contributed by atoms with Gasteiger partial charge >= 0.3 is 0 Å². The van der Waals surface area contributed by atoms with Gasteiger partial charge in [-0.1, -0.05) is 13.8 Å². The molecule has 1 aromatic heterocycles. The van der Waals surface area contributed by atoms with E-state index in [4.69, 9.17) is 5.73 Å². The van der Waals surface area contributed by atoms with Crippen LogP contribution in [0.2, 0.25) is 0 Å². The Kier molecular flexibility index (Phi) is 2.52. The third-order valence-corrected chi connectivity index (χ3v) is 2.04. The highest BCUT2D eigenvalue weighted by atomic mass is 15.2. The zero-order valence-corrected chi connectivity index (χ0v) is 7.09. The van der Waals surface area contributed by atoms with E-state index in [0.717, 1.165) is 18.5 Å². The Hall–Kier alpha value is -0.990. The molecular formula is C8H15N3. The maximum atomic E-state index is 5.48. The molecule has 3 nitrogen and oxygen atoms in total. The standard InChI is InChI=1S/C8H15N3/c1-3-6(4-2)7-5-8(9)11-10-7/h5-6H,3-4H2,1-2H3,(H3,9,10,11). The summed E-state index contributed by atoms with van der Waals surface area (Å²) in [5.41, 5.74) is 6.64. The van der Waals surface area contributed by atoms with Crippen LogP contribution in [-0.2, 0) is 0 Å². The first-order valence-electron chi connectivity index (χ1n) is 4.08. The van der Waals surface area contributed by atoms with E-state index in [0.29, 0.717) is 11.7 Å². The molecule has 0 radical (unpaired) electrons. The van der Waals surface area contributed by atoms with E-state index in [2.05, 4.69) is 24.0 Å². The first-order chi connectivity index (χ1) is 5.27. The molecule has 0 atom stereocenters. The molecule has 0 spiro atoms. The van der Waals surface area contributed by atoms with E-state index >= 15 is 0 Å². The van der Waals surface area contributed by atoms with E-state index < -0.39 is 0 Å². The predicted molar refractivity (Wildman–Crippen MR) is 46.3 cm³/mol. The summed E-state index contributed by atoms with van der Waals surface area (Å²) in [6, 6.07) is 1.91. The zero-order valence-electron chi connectivity index (χ0n) is 7.09. The van der Waals surface area contributed by atoms with E-state index in [-0.39, 0.29) is 0 Å². The molecule has 3 N–H and O–H groups in total. The van der Waals surface area contributed by atoms with Crippen molar-refractivity contribution in [1.82, 2.24) is 10.2 Å². The van der Waals surface area contributed by atoms with Crippen LogP contribution in [0.1, 0.15) is 38.3 Å². The number of nitrogens with two attached hydrogens (primary N) is 1. The fraction of sp³-hybridized carbons (Fsp3) is 0.625. The van der Waals surface area contributed by atoms with Crippen molar-refractivity contribution < 1.29 is 0 Å². The fourth-order valence-electron chi connectivity index (χ4n) is 1.29. The Balaban J connectivity index is 2.73. The third kappa shape index (κ3) is 1.73. The molecule has 3 heteroatoms. The molecule has 62 valence electrons. The molecule has 0 saturated heterocycles. The van der Waals surface area contributed by atoms with Crippen molar-refractivity contribution in [1.29, 1.82) is 0 Å². The first-order valence-corrected chi connectivity index (χ1v) is 4.08. The summed E-state index contributed by atoms with van der Waals surface area (Å²) < 4.78 is 0. The van der Waals surface area contributed by atoms with Crippen LogP contribution < -0.4 is 5.73 Å². The van der Waals surface area contributed by atoms with E-state index in [1.54, 1.807) is 0 Å². The van der Waals surface area contributed by atoms with Crippen LogP contribution in [0.4, 0.5) is 5.82 Å². The zero-order chi connectivity index (χ0) is 8.27. The van der Waals surface area contributed by atoms with Gasteiger partial charge in [-0.25, -0.2) is 0 Å². The molecule has 1 heterocycles. The molecule has 0 aliphatic carbocycles. The second kappa shape index (κ2) is 3.42. The normalized spacial score (nSPS) is 10.8.